The quantitative estimate of drug-likeness (QED) is 0.500. The summed E-state index contributed by atoms with van der Waals surface area (Å²) >= 11 is 12.2. The van der Waals surface area contributed by atoms with Crippen molar-refractivity contribution in [1.82, 2.24) is 9.03 Å². The lowest BCUT2D eigenvalue weighted by molar-refractivity contribution is 0.0509. The lowest BCUT2D eigenvalue weighted by Crippen LogP contribution is -2.41. The number of ether oxygens (including phenoxy) is 1. The van der Waals surface area contributed by atoms with E-state index in [2.05, 4.69) is 23.8 Å². The maximum atomic E-state index is 12.8. The van der Waals surface area contributed by atoms with Gasteiger partial charge in [-0.15, -0.1) is 0 Å². The normalized spacial score (nSPS) is 24.7. The largest absolute Gasteiger partial charge is 0.503 e. The number of carbonyl (C=O) groups is 1. The summed E-state index contributed by atoms with van der Waals surface area (Å²) in [5.74, 6) is 0.511. The monoisotopic (exact) mass is 516 g/mol. The molecular weight excluding hydrogens is 491 g/mol. The van der Waals surface area contributed by atoms with E-state index in [0.29, 0.717) is 36.2 Å². The summed E-state index contributed by atoms with van der Waals surface area (Å²) in [6, 6.07) is 15.2. The van der Waals surface area contributed by atoms with E-state index in [9.17, 15) is 8.42 Å². The number of nitrogens with one attached hydrogen (secondary N) is 1. The number of hydrogen-bond donors (Lipinski definition) is 3. The molecule has 1 saturated carbocycles. The van der Waals surface area contributed by atoms with Crippen molar-refractivity contribution in [3.05, 3.63) is 69.7 Å². The van der Waals surface area contributed by atoms with Gasteiger partial charge in [-0.1, -0.05) is 60.5 Å². The van der Waals surface area contributed by atoms with Gasteiger partial charge in [-0.25, -0.2) is 4.79 Å². The number of hydrogen-bond acceptors (Lipinski definition) is 4. The lowest BCUT2D eigenvalue weighted by atomic mass is 10.1. The second-order valence-electron chi connectivity index (χ2n) is 8.04. The first-order valence-electron chi connectivity index (χ1n) is 10.4. The summed E-state index contributed by atoms with van der Waals surface area (Å²) in [6.07, 6.45) is -1.34. The summed E-state index contributed by atoms with van der Waals surface area (Å²) in [6.45, 7) is 3.17. The van der Waals surface area contributed by atoms with Crippen molar-refractivity contribution in [3.8, 4) is 0 Å². The van der Waals surface area contributed by atoms with Crippen molar-refractivity contribution in [2.45, 2.75) is 38.0 Å². The Morgan fingerprint density at radius 2 is 1.85 bits per heavy atom. The molecular formula is C22H26Cl2N2O6S. The maximum Gasteiger partial charge on any atom is 0.503 e. The standard InChI is InChI=1S/C21H24Cl2N2O3S.CH2O3/c1-14-20(15-5-3-2-4-6-15)21(14)24-29(26,27)25-10-9-18(12-25)28-13-16-11-17(22)7-8-19(16)23;2-1(3)4/h2-8,11,14,18,20-21,24H,9-10,12-13H2,1H3;(H2,2,3,4)/t14-,18?,20-,21+;/m1./s1. The van der Waals surface area contributed by atoms with E-state index in [1.54, 1.807) is 18.2 Å². The van der Waals surface area contributed by atoms with Crippen molar-refractivity contribution in [2.24, 2.45) is 5.92 Å². The average molecular weight is 517 g/mol. The van der Waals surface area contributed by atoms with Gasteiger partial charge in [0.05, 0.1) is 12.7 Å². The van der Waals surface area contributed by atoms with Crippen molar-refractivity contribution in [2.75, 3.05) is 13.1 Å². The molecule has 0 aromatic heterocycles. The maximum absolute atomic E-state index is 12.8. The molecule has 2 aliphatic rings. The Balaban J connectivity index is 0.000000709. The highest BCUT2D eigenvalue weighted by Crippen LogP contribution is 2.47. The summed E-state index contributed by atoms with van der Waals surface area (Å²) in [5, 5.41) is 15.1. The minimum Gasteiger partial charge on any atom is -0.450 e. The third-order valence-corrected chi connectivity index (χ3v) is 7.96. The SMILES string of the molecule is C[C@H]1[C@H](NS(=O)(=O)N2CCC(OCc3cc(Cl)ccc3Cl)C2)[C@H]1c1ccccc1.O=C(O)O. The number of halogens is 2. The summed E-state index contributed by atoms with van der Waals surface area (Å²) in [4.78, 5) is 8.56. The van der Waals surface area contributed by atoms with E-state index in [1.807, 2.05) is 18.2 Å². The van der Waals surface area contributed by atoms with E-state index in [1.165, 1.54) is 9.87 Å². The summed E-state index contributed by atoms with van der Waals surface area (Å²) in [5.41, 5.74) is 1.98. The first-order chi connectivity index (χ1) is 15.6. The molecule has 2 fully saturated rings. The minimum absolute atomic E-state index is 0.0624. The molecule has 33 heavy (non-hydrogen) atoms. The second-order valence-corrected chi connectivity index (χ2v) is 10.6. The van der Waals surface area contributed by atoms with Crippen LogP contribution in [0.15, 0.2) is 48.5 Å². The Hall–Kier alpha value is -1.88. The number of nitrogens with zero attached hydrogens (tertiary/aromatic N) is 1. The Morgan fingerprint density at radius 1 is 1.18 bits per heavy atom. The molecule has 1 saturated heterocycles. The van der Waals surface area contributed by atoms with Gasteiger partial charge in [0.15, 0.2) is 0 Å². The topological polar surface area (TPSA) is 116 Å². The van der Waals surface area contributed by atoms with Crippen molar-refractivity contribution in [3.63, 3.8) is 0 Å². The molecule has 1 aliphatic heterocycles. The summed E-state index contributed by atoms with van der Waals surface area (Å²) in [7, 11) is -3.55. The Bertz CT molecular complexity index is 1070. The highest BCUT2D eigenvalue weighted by molar-refractivity contribution is 7.87. The van der Waals surface area contributed by atoms with E-state index in [0.717, 1.165) is 5.56 Å². The van der Waals surface area contributed by atoms with Crippen LogP contribution in [-0.2, 0) is 21.6 Å². The smallest absolute Gasteiger partial charge is 0.450 e. The number of rotatable bonds is 7. The van der Waals surface area contributed by atoms with Crippen LogP contribution in [0.3, 0.4) is 0 Å². The van der Waals surface area contributed by atoms with Gasteiger partial charge in [-0.05, 0) is 41.7 Å². The Labute approximate surface area is 203 Å². The van der Waals surface area contributed by atoms with Crippen LogP contribution in [0.2, 0.25) is 10.0 Å². The number of carboxylic acid groups (broad SMARTS) is 2. The first-order valence-corrected chi connectivity index (χ1v) is 12.6. The van der Waals surface area contributed by atoms with Crippen molar-refractivity contribution < 1.29 is 28.2 Å². The van der Waals surface area contributed by atoms with Crippen LogP contribution in [0.25, 0.3) is 0 Å². The zero-order chi connectivity index (χ0) is 24.2. The zero-order valence-corrected chi connectivity index (χ0v) is 20.2. The molecule has 8 nitrogen and oxygen atoms in total. The molecule has 1 aliphatic carbocycles. The van der Waals surface area contributed by atoms with Gasteiger partial charge in [0.25, 0.3) is 10.2 Å². The summed E-state index contributed by atoms with van der Waals surface area (Å²) < 4.78 is 36.0. The van der Waals surface area contributed by atoms with Crippen LogP contribution in [0.5, 0.6) is 0 Å². The lowest BCUT2D eigenvalue weighted by Gasteiger charge is -2.18. The molecule has 0 amide bonds. The predicted octanol–water partition coefficient (Wildman–Crippen LogP) is 4.44. The van der Waals surface area contributed by atoms with Gasteiger partial charge >= 0.3 is 6.16 Å². The van der Waals surface area contributed by atoms with Gasteiger partial charge in [0, 0.05) is 35.1 Å². The molecule has 0 spiro atoms. The molecule has 4 atom stereocenters. The van der Waals surface area contributed by atoms with Gasteiger partial charge in [0.2, 0.25) is 0 Å². The van der Waals surface area contributed by atoms with Crippen molar-refractivity contribution >= 4 is 39.6 Å². The van der Waals surface area contributed by atoms with Gasteiger partial charge < -0.3 is 14.9 Å². The van der Waals surface area contributed by atoms with E-state index >= 15 is 0 Å². The Kier molecular flexibility index (Phi) is 8.60. The molecule has 0 radical (unpaired) electrons. The van der Waals surface area contributed by atoms with Crippen LogP contribution in [0.4, 0.5) is 4.79 Å². The first kappa shape index (κ1) is 25.7. The third kappa shape index (κ3) is 7.05. The fourth-order valence-electron chi connectivity index (χ4n) is 3.99. The van der Waals surface area contributed by atoms with Crippen LogP contribution in [0.1, 0.15) is 30.4 Å². The van der Waals surface area contributed by atoms with Crippen LogP contribution in [0, 0.1) is 5.92 Å². The molecule has 3 N–H and O–H groups in total. The highest BCUT2D eigenvalue weighted by atomic mass is 35.5. The Morgan fingerprint density at radius 3 is 2.52 bits per heavy atom. The fourth-order valence-corrected chi connectivity index (χ4v) is 5.92. The highest BCUT2D eigenvalue weighted by Gasteiger charge is 2.50. The van der Waals surface area contributed by atoms with Crippen LogP contribution >= 0.6 is 23.2 Å². The molecule has 1 heterocycles. The second kappa shape index (κ2) is 11.0. The molecule has 4 rings (SSSR count). The average Bonchev–Trinajstić information content (AvgIpc) is 3.14. The zero-order valence-electron chi connectivity index (χ0n) is 17.9. The van der Waals surface area contributed by atoms with Gasteiger partial charge in [-0.2, -0.15) is 17.4 Å². The predicted molar refractivity (Wildman–Crippen MR) is 126 cm³/mol. The number of benzene rings is 2. The van der Waals surface area contributed by atoms with Crippen molar-refractivity contribution in [1.29, 1.82) is 0 Å². The molecule has 0 bridgehead atoms. The van der Waals surface area contributed by atoms with E-state index < -0.39 is 16.4 Å². The van der Waals surface area contributed by atoms with Crippen LogP contribution in [-0.4, -0.2) is 54.3 Å². The van der Waals surface area contributed by atoms with Crippen LogP contribution < -0.4 is 4.72 Å². The van der Waals surface area contributed by atoms with E-state index in [4.69, 9.17) is 42.9 Å². The fraction of sp³-hybridized carbons (Fsp3) is 0.409. The van der Waals surface area contributed by atoms with Gasteiger partial charge in [-0.3, -0.25) is 0 Å². The van der Waals surface area contributed by atoms with Gasteiger partial charge in [0.1, 0.15) is 0 Å². The third-order valence-electron chi connectivity index (χ3n) is 5.78. The molecule has 1 unspecified atom stereocenters. The molecule has 180 valence electrons. The molecule has 2 aromatic carbocycles. The molecule has 2 aromatic rings. The van der Waals surface area contributed by atoms with E-state index in [-0.39, 0.29) is 24.0 Å². The minimum atomic E-state index is -3.55. The molecule has 11 heteroatoms.